The van der Waals surface area contributed by atoms with Crippen LogP contribution in [0.5, 0.6) is 0 Å². The van der Waals surface area contributed by atoms with E-state index in [1.54, 1.807) is 19.1 Å². The van der Waals surface area contributed by atoms with E-state index in [4.69, 9.17) is 0 Å². The lowest BCUT2D eigenvalue weighted by molar-refractivity contribution is 0.0945. The molecule has 0 aromatic heterocycles. The summed E-state index contributed by atoms with van der Waals surface area (Å²) in [5.74, 6) is 0.273. The van der Waals surface area contributed by atoms with Crippen LogP contribution in [-0.4, -0.2) is 38.3 Å². The number of hydrogen-bond donors (Lipinski definition) is 1. The molecule has 1 aliphatic rings. The van der Waals surface area contributed by atoms with Gasteiger partial charge in [-0.25, -0.2) is 8.42 Å². The molecule has 1 aromatic carbocycles. The molecule has 0 aliphatic carbocycles. The monoisotopic (exact) mass is 380 g/mol. The topological polar surface area (TPSA) is 66.5 Å². The van der Waals surface area contributed by atoms with Crippen molar-refractivity contribution < 1.29 is 13.2 Å². The third kappa shape index (κ3) is 5.07. The molecule has 1 aliphatic heterocycles. The van der Waals surface area contributed by atoms with Crippen LogP contribution in [0.25, 0.3) is 0 Å². The Hall–Kier alpha value is -1.40. The summed E-state index contributed by atoms with van der Waals surface area (Å²) < 4.78 is 27.2. The van der Waals surface area contributed by atoms with Crippen molar-refractivity contribution in [2.75, 3.05) is 19.6 Å². The van der Waals surface area contributed by atoms with Crippen LogP contribution in [0.15, 0.2) is 23.1 Å². The Morgan fingerprint density at radius 3 is 2.54 bits per heavy atom. The summed E-state index contributed by atoms with van der Waals surface area (Å²) in [6.07, 6.45) is 6.25. The number of benzene rings is 1. The molecule has 1 atom stereocenters. The lowest BCUT2D eigenvalue weighted by Crippen LogP contribution is -2.31. The van der Waals surface area contributed by atoms with Gasteiger partial charge in [-0.05, 0) is 49.8 Å². The van der Waals surface area contributed by atoms with E-state index < -0.39 is 10.0 Å². The highest BCUT2D eigenvalue weighted by atomic mass is 32.2. The summed E-state index contributed by atoms with van der Waals surface area (Å²) >= 11 is 0. The van der Waals surface area contributed by atoms with Crippen molar-refractivity contribution in [1.29, 1.82) is 0 Å². The number of carbonyl (C=O) groups excluding carboxylic acids is 1. The van der Waals surface area contributed by atoms with Gasteiger partial charge in [-0.3, -0.25) is 4.79 Å². The second-order valence-corrected chi connectivity index (χ2v) is 9.12. The summed E-state index contributed by atoms with van der Waals surface area (Å²) in [7, 11) is -3.52. The number of amides is 1. The fraction of sp³-hybridized carbons (Fsp3) is 0.650. The molecule has 1 fully saturated rings. The summed E-state index contributed by atoms with van der Waals surface area (Å²) in [5.41, 5.74) is 1.10. The van der Waals surface area contributed by atoms with Crippen molar-refractivity contribution in [2.24, 2.45) is 5.92 Å². The minimum atomic E-state index is -3.52. The van der Waals surface area contributed by atoms with E-state index >= 15 is 0 Å². The van der Waals surface area contributed by atoms with E-state index in [2.05, 4.69) is 19.2 Å². The first-order chi connectivity index (χ1) is 12.4. The summed E-state index contributed by atoms with van der Waals surface area (Å²) in [5, 5.41) is 2.98. The van der Waals surface area contributed by atoms with Gasteiger partial charge in [0.05, 0.1) is 4.90 Å². The number of aryl methyl sites for hydroxylation is 1. The zero-order valence-electron chi connectivity index (χ0n) is 16.3. The number of carbonyl (C=O) groups is 1. The minimum Gasteiger partial charge on any atom is -0.352 e. The Kier molecular flexibility index (Phi) is 7.65. The van der Waals surface area contributed by atoms with Gasteiger partial charge in [0.15, 0.2) is 0 Å². The molecule has 1 aromatic rings. The third-order valence-corrected chi connectivity index (χ3v) is 7.27. The largest absolute Gasteiger partial charge is 0.352 e. The molecule has 5 nitrogen and oxygen atoms in total. The smallest absolute Gasteiger partial charge is 0.251 e. The van der Waals surface area contributed by atoms with Crippen LogP contribution < -0.4 is 5.32 Å². The van der Waals surface area contributed by atoms with Crippen molar-refractivity contribution in [3.8, 4) is 0 Å². The Morgan fingerprint density at radius 2 is 1.92 bits per heavy atom. The van der Waals surface area contributed by atoms with E-state index in [1.165, 1.54) is 10.4 Å². The van der Waals surface area contributed by atoms with Crippen LogP contribution in [0, 0.1) is 12.8 Å². The van der Waals surface area contributed by atoms with Crippen molar-refractivity contribution >= 4 is 15.9 Å². The van der Waals surface area contributed by atoms with Gasteiger partial charge in [-0.2, -0.15) is 4.31 Å². The maximum Gasteiger partial charge on any atom is 0.251 e. The zero-order valence-corrected chi connectivity index (χ0v) is 17.1. The Morgan fingerprint density at radius 1 is 1.23 bits per heavy atom. The molecular weight excluding hydrogens is 348 g/mol. The molecule has 0 bridgehead atoms. The molecule has 1 saturated heterocycles. The van der Waals surface area contributed by atoms with Gasteiger partial charge in [0.2, 0.25) is 10.0 Å². The van der Waals surface area contributed by atoms with E-state index in [0.717, 1.165) is 38.5 Å². The highest BCUT2D eigenvalue weighted by molar-refractivity contribution is 7.89. The Labute approximate surface area is 158 Å². The highest BCUT2D eigenvalue weighted by Crippen LogP contribution is 2.24. The predicted octanol–water partition coefficient (Wildman–Crippen LogP) is 3.73. The van der Waals surface area contributed by atoms with Crippen LogP contribution >= 0.6 is 0 Å². The molecule has 26 heavy (non-hydrogen) atoms. The van der Waals surface area contributed by atoms with Crippen LogP contribution in [0.1, 0.15) is 68.3 Å². The summed E-state index contributed by atoms with van der Waals surface area (Å²) in [6, 6.07) is 4.97. The number of rotatable bonds is 9. The second kappa shape index (κ2) is 9.51. The predicted molar refractivity (Wildman–Crippen MR) is 105 cm³/mol. The zero-order chi connectivity index (χ0) is 19.2. The minimum absolute atomic E-state index is 0.196. The van der Waals surface area contributed by atoms with Crippen LogP contribution in [0.2, 0.25) is 0 Å². The SMILES string of the molecule is CCCC[C@@H](CC)CNC(=O)c1ccc(C)c(S(=O)(=O)N2CCCC2)c1. The van der Waals surface area contributed by atoms with E-state index in [0.29, 0.717) is 36.7 Å². The lowest BCUT2D eigenvalue weighted by atomic mass is 9.99. The highest BCUT2D eigenvalue weighted by Gasteiger charge is 2.29. The first kappa shape index (κ1) is 20.9. The molecule has 0 unspecified atom stereocenters. The molecule has 2 rings (SSSR count). The van der Waals surface area contributed by atoms with Gasteiger partial charge < -0.3 is 5.32 Å². The van der Waals surface area contributed by atoms with E-state index in [-0.39, 0.29) is 10.8 Å². The van der Waals surface area contributed by atoms with Crippen molar-refractivity contribution in [1.82, 2.24) is 9.62 Å². The van der Waals surface area contributed by atoms with Gasteiger partial charge in [-0.1, -0.05) is 39.2 Å². The molecule has 0 spiro atoms. The molecule has 146 valence electrons. The first-order valence-electron chi connectivity index (χ1n) is 9.79. The van der Waals surface area contributed by atoms with Crippen molar-refractivity contribution in [2.45, 2.75) is 64.2 Å². The molecular formula is C20H32N2O3S. The fourth-order valence-electron chi connectivity index (χ4n) is 3.37. The van der Waals surface area contributed by atoms with Crippen LogP contribution in [0.3, 0.4) is 0 Å². The normalized spacial score (nSPS) is 16.6. The molecule has 1 heterocycles. The molecule has 1 N–H and O–H groups in total. The maximum absolute atomic E-state index is 12.9. The maximum atomic E-state index is 12.9. The lowest BCUT2D eigenvalue weighted by Gasteiger charge is -2.18. The van der Waals surface area contributed by atoms with Gasteiger partial charge >= 0.3 is 0 Å². The van der Waals surface area contributed by atoms with Crippen LogP contribution in [-0.2, 0) is 10.0 Å². The van der Waals surface area contributed by atoms with Gasteiger partial charge in [0.25, 0.3) is 5.91 Å². The first-order valence-corrected chi connectivity index (χ1v) is 11.2. The number of nitrogens with zero attached hydrogens (tertiary/aromatic N) is 1. The number of hydrogen-bond acceptors (Lipinski definition) is 3. The molecule has 0 radical (unpaired) electrons. The molecule has 6 heteroatoms. The Bertz CT molecular complexity index is 710. The fourth-order valence-corrected chi connectivity index (χ4v) is 5.14. The van der Waals surface area contributed by atoms with Gasteiger partial charge in [-0.15, -0.1) is 0 Å². The molecule has 1 amide bonds. The van der Waals surface area contributed by atoms with E-state index in [9.17, 15) is 13.2 Å². The van der Waals surface area contributed by atoms with Gasteiger partial charge in [0.1, 0.15) is 0 Å². The van der Waals surface area contributed by atoms with Crippen molar-refractivity contribution in [3.63, 3.8) is 0 Å². The average molecular weight is 381 g/mol. The second-order valence-electron chi connectivity index (χ2n) is 7.22. The van der Waals surface area contributed by atoms with Gasteiger partial charge in [0, 0.05) is 25.2 Å². The summed E-state index contributed by atoms with van der Waals surface area (Å²) in [4.78, 5) is 12.8. The standard InChI is InChI=1S/C20H32N2O3S/c1-4-6-9-17(5-2)15-21-20(23)18-11-10-16(3)19(14-18)26(24,25)22-12-7-8-13-22/h10-11,14,17H,4-9,12-13,15H2,1-3H3,(H,21,23)/t17-/m1/s1. The third-order valence-electron chi connectivity index (χ3n) is 5.23. The summed E-state index contributed by atoms with van der Waals surface area (Å²) in [6.45, 7) is 7.85. The number of sulfonamides is 1. The number of unbranched alkanes of at least 4 members (excludes halogenated alkanes) is 1. The Balaban J connectivity index is 2.11. The van der Waals surface area contributed by atoms with E-state index in [1.807, 2.05) is 0 Å². The molecule has 0 saturated carbocycles. The van der Waals surface area contributed by atoms with Crippen LogP contribution in [0.4, 0.5) is 0 Å². The van der Waals surface area contributed by atoms with Crippen molar-refractivity contribution in [3.05, 3.63) is 29.3 Å². The average Bonchev–Trinajstić information content (AvgIpc) is 3.17. The quantitative estimate of drug-likeness (QED) is 0.710. The number of nitrogens with one attached hydrogen (secondary N) is 1.